The maximum atomic E-state index is 11.9. The lowest BCUT2D eigenvalue weighted by Crippen LogP contribution is -2.48. The fourth-order valence-electron chi connectivity index (χ4n) is 2.10. The molecule has 1 N–H and O–H groups in total. The zero-order valence-corrected chi connectivity index (χ0v) is 14.4. The predicted molar refractivity (Wildman–Crippen MR) is 89.9 cm³/mol. The molecule has 1 unspecified atom stereocenters. The van der Waals surface area contributed by atoms with E-state index in [1.54, 1.807) is 0 Å². The normalized spacial score (nSPS) is 13.7. The number of thioether (sulfide) groups is 1. The molecule has 0 saturated carbocycles. The van der Waals surface area contributed by atoms with E-state index in [2.05, 4.69) is 36.5 Å². The minimum absolute atomic E-state index is 0.154. The summed E-state index contributed by atoms with van der Waals surface area (Å²) >= 11 is 1.89. The molecule has 0 aliphatic rings. The van der Waals surface area contributed by atoms with Gasteiger partial charge in [-0.3, -0.25) is 4.79 Å². The molecule has 0 aromatic heterocycles. The monoisotopic (exact) mass is 309 g/mol. The summed E-state index contributed by atoms with van der Waals surface area (Å²) < 4.78 is 5.13. The zero-order chi connectivity index (χ0) is 15.7. The number of aryl methyl sites for hydroxylation is 1. The first-order valence-corrected chi connectivity index (χ1v) is 8.56. The highest BCUT2D eigenvalue weighted by Gasteiger charge is 2.32. The van der Waals surface area contributed by atoms with Crippen LogP contribution in [0.25, 0.3) is 0 Å². The molecular formula is C17H27NO2S. The van der Waals surface area contributed by atoms with Crippen molar-refractivity contribution in [2.45, 2.75) is 50.5 Å². The van der Waals surface area contributed by atoms with Gasteiger partial charge in [0.05, 0.1) is 6.61 Å². The Hall–Kier alpha value is -1.00. The fourth-order valence-corrected chi connectivity index (χ4v) is 3.14. The summed E-state index contributed by atoms with van der Waals surface area (Å²) in [4.78, 5) is 13.3. The Morgan fingerprint density at radius 1 is 1.33 bits per heavy atom. The second-order valence-corrected chi connectivity index (χ2v) is 6.51. The van der Waals surface area contributed by atoms with E-state index in [4.69, 9.17) is 4.74 Å². The van der Waals surface area contributed by atoms with Crippen LogP contribution in [-0.2, 0) is 9.53 Å². The summed E-state index contributed by atoms with van der Waals surface area (Å²) in [6.45, 7) is 6.33. The van der Waals surface area contributed by atoms with Crippen LogP contribution in [0.3, 0.4) is 0 Å². The number of carbonyl (C=O) groups is 1. The van der Waals surface area contributed by atoms with Crippen molar-refractivity contribution in [3.63, 3.8) is 0 Å². The molecule has 1 aromatic carbocycles. The Morgan fingerprint density at radius 3 is 2.67 bits per heavy atom. The quantitative estimate of drug-likeness (QED) is 0.428. The number of hydrogen-bond donors (Lipinski definition) is 1. The van der Waals surface area contributed by atoms with Gasteiger partial charge in [-0.1, -0.05) is 24.6 Å². The average molecular weight is 309 g/mol. The van der Waals surface area contributed by atoms with Gasteiger partial charge in [-0.05, 0) is 58.0 Å². The number of benzene rings is 1. The predicted octanol–water partition coefficient (Wildman–Crippen LogP) is 3.80. The minimum atomic E-state index is -0.566. The third-order valence-corrected chi connectivity index (χ3v) is 4.96. The van der Waals surface area contributed by atoms with Crippen LogP contribution >= 0.6 is 11.8 Å². The van der Waals surface area contributed by atoms with Gasteiger partial charge in [0.2, 0.25) is 0 Å². The molecule has 0 heterocycles. The highest BCUT2D eigenvalue weighted by atomic mass is 32.2. The van der Waals surface area contributed by atoms with Gasteiger partial charge in [-0.25, -0.2) is 0 Å². The molecule has 0 aliphatic carbocycles. The summed E-state index contributed by atoms with van der Waals surface area (Å²) in [5, 5.41) is 3.10. The van der Waals surface area contributed by atoms with E-state index in [-0.39, 0.29) is 5.97 Å². The summed E-state index contributed by atoms with van der Waals surface area (Å²) in [6, 6.07) is 8.45. The van der Waals surface area contributed by atoms with Gasteiger partial charge in [0.1, 0.15) is 5.54 Å². The molecule has 1 atom stereocenters. The molecule has 118 valence electrons. The number of esters is 1. The van der Waals surface area contributed by atoms with Crippen LogP contribution in [0.5, 0.6) is 0 Å². The molecule has 0 amide bonds. The largest absolute Gasteiger partial charge is 0.465 e. The van der Waals surface area contributed by atoms with Crippen molar-refractivity contribution in [1.29, 1.82) is 0 Å². The van der Waals surface area contributed by atoms with Crippen LogP contribution in [0.2, 0.25) is 0 Å². The second-order valence-electron chi connectivity index (χ2n) is 5.37. The third-order valence-electron chi connectivity index (χ3n) is 3.70. The van der Waals surface area contributed by atoms with Gasteiger partial charge >= 0.3 is 5.97 Å². The lowest BCUT2D eigenvalue weighted by atomic mass is 9.95. The van der Waals surface area contributed by atoms with Crippen LogP contribution in [-0.4, -0.2) is 30.9 Å². The van der Waals surface area contributed by atoms with Gasteiger partial charge in [-0.2, -0.15) is 0 Å². The SMILES string of the molecule is CCOC(=O)C(C)(CCCCSc1ccccc1C)NC. The first-order chi connectivity index (χ1) is 10.0. The van der Waals surface area contributed by atoms with Gasteiger partial charge in [0, 0.05) is 4.90 Å². The number of unbranched alkanes of at least 4 members (excludes halogenated alkanes) is 1. The summed E-state index contributed by atoms with van der Waals surface area (Å²) in [6.07, 6.45) is 2.90. The minimum Gasteiger partial charge on any atom is -0.465 e. The zero-order valence-electron chi connectivity index (χ0n) is 13.6. The van der Waals surface area contributed by atoms with Gasteiger partial charge < -0.3 is 10.1 Å². The van der Waals surface area contributed by atoms with E-state index >= 15 is 0 Å². The van der Waals surface area contributed by atoms with Crippen LogP contribution in [0, 0.1) is 6.92 Å². The Bertz CT molecular complexity index is 450. The van der Waals surface area contributed by atoms with Gasteiger partial charge in [0.15, 0.2) is 0 Å². The Labute approximate surface area is 132 Å². The molecule has 0 bridgehead atoms. The highest BCUT2D eigenvalue weighted by molar-refractivity contribution is 7.99. The van der Waals surface area contributed by atoms with Crippen LogP contribution in [0.1, 0.15) is 38.7 Å². The topological polar surface area (TPSA) is 38.3 Å². The molecule has 0 spiro atoms. The standard InChI is InChI=1S/C17H27NO2S/c1-5-20-16(19)17(3,18-4)12-8-9-13-21-15-11-7-6-10-14(15)2/h6-7,10-11,18H,5,8-9,12-13H2,1-4H3. The number of hydrogen-bond acceptors (Lipinski definition) is 4. The fraction of sp³-hybridized carbons (Fsp3) is 0.588. The molecule has 0 aliphatic heterocycles. The Kier molecular flexibility index (Phi) is 7.83. The molecular weight excluding hydrogens is 282 g/mol. The van der Waals surface area contributed by atoms with E-state index < -0.39 is 5.54 Å². The number of nitrogens with one attached hydrogen (secondary N) is 1. The third kappa shape index (κ3) is 5.71. The molecule has 4 heteroatoms. The van der Waals surface area contributed by atoms with Crippen molar-refractivity contribution in [2.75, 3.05) is 19.4 Å². The smallest absolute Gasteiger partial charge is 0.326 e. The first kappa shape index (κ1) is 18.1. The summed E-state index contributed by atoms with van der Waals surface area (Å²) in [7, 11) is 1.82. The Morgan fingerprint density at radius 2 is 2.05 bits per heavy atom. The number of ether oxygens (including phenoxy) is 1. The number of rotatable bonds is 9. The summed E-state index contributed by atoms with van der Waals surface area (Å²) in [5.74, 6) is 0.923. The van der Waals surface area contributed by atoms with E-state index in [0.717, 1.165) is 25.0 Å². The number of carbonyl (C=O) groups excluding carboxylic acids is 1. The van der Waals surface area contributed by atoms with Crippen molar-refractivity contribution in [3.8, 4) is 0 Å². The van der Waals surface area contributed by atoms with Crippen LogP contribution in [0.15, 0.2) is 29.2 Å². The van der Waals surface area contributed by atoms with Crippen molar-refractivity contribution < 1.29 is 9.53 Å². The van der Waals surface area contributed by atoms with Crippen molar-refractivity contribution in [3.05, 3.63) is 29.8 Å². The molecule has 1 rings (SSSR count). The molecule has 1 aromatic rings. The lowest BCUT2D eigenvalue weighted by molar-refractivity contribution is -0.150. The molecule has 3 nitrogen and oxygen atoms in total. The maximum Gasteiger partial charge on any atom is 0.326 e. The number of likely N-dealkylation sites (N-methyl/N-ethyl adjacent to an activating group) is 1. The summed E-state index contributed by atoms with van der Waals surface area (Å²) in [5.41, 5.74) is 0.762. The van der Waals surface area contributed by atoms with E-state index in [1.807, 2.05) is 32.7 Å². The molecule has 0 radical (unpaired) electrons. The van der Waals surface area contributed by atoms with Crippen molar-refractivity contribution in [1.82, 2.24) is 5.32 Å². The van der Waals surface area contributed by atoms with E-state index in [1.165, 1.54) is 10.5 Å². The Balaban J connectivity index is 2.32. The van der Waals surface area contributed by atoms with Gasteiger partial charge in [-0.15, -0.1) is 11.8 Å². The van der Waals surface area contributed by atoms with Gasteiger partial charge in [0.25, 0.3) is 0 Å². The second kappa shape index (κ2) is 9.11. The highest BCUT2D eigenvalue weighted by Crippen LogP contribution is 2.24. The molecule has 21 heavy (non-hydrogen) atoms. The van der Waals surface area contributed by atoms with E-state index in [9.17, 15) is 4.79 Å². The van der Waals surface area contributed by atoms with Crippen LogP contribution in [0.4, 0.5) is 0 Å². The average Bonchev–Trinajstić information content (AvgIpc) is 2.48. The van der Waals surface area contributed by atoms with Crippen molar-refractivity contribution in [2.24, 2.45) is 0 Å². The maximum absolute atomic E-state index is 11.9. The van der Waals surface area contributed by atoms with Crippen LogP contribution < -0.4 is 5.32 Å². The molecule has 0 fully saturated rings. The van der Waals surface area contributed by atoms with E-state index in [0.29, 0.717) is 6.61 Å². The van der Waals surface area contributed by atoms with Crippen molar-refractivity contribution >= 4 is 17.7 Å². The lowest BCUT2D eigenvalue weighted by Gasteiger charge is -2.26. The molecule has 0 saturated heterocycles. The first-order valence-electron chi connectivity index (χ1n) is 7.58.